The molecular weight excluding hydrogens is 304 g/mol. The number of carbonyl (C=O) groups is 1. The van der Waals surface area contributed by atoms with Gasteiger partial charge in [0.25, 0.3) is 0 Å². The van der Waals surface area contributed by atoms with E-state index in [0.717, 1.165) is 16.9 Å². The van der Waals surface area contributed by atoms with Crippen molar-refractivity contribution in [3.05, 3.63) is 72.1 Å². The van der Waals surface area contributed by atoms with Crippen molar-refractivity contribution in [2.24, 2.45) is 0 Å². The van der Waals surface area contributed by atoms with Gasteiger partial charge in [0.2, 0.25) is 11.9 Å². The summed E-state index contributed by atoms with van der Waals surface area (Å²) in [6.07, 6.45) is 1.80. The van der Waals surface area contributed by atoms with E-state index in [9.17, 15) is 4.79 Å². The maximum absolute atomic E-state index is 11.8. The zero-order valence-electron chi connectivity index (χ0n) is 12.9. The van der Waals surface area contributed by atoms with Crippen molar-refractivity contribution in [1.82, 2.24) is 14.8 Å². The van der Waals surface area contributed by atoms with E-state index >= 15 is 0 Å². The van der Waals surface area contributed by atoms with Crippen LogP contribution in [-0.2, 0) is 11.4 Å². The highest BCUT2D eigenvalue weighted by atomic mass is 16.5. The molecule has 0 radical (unpaired) electrons. The monoisotopic (exact) mass is 320 g/mol. The summed E-state index contributed by atoms with van der Waals surface area (Å²) < 4.78 is 7.53. The minimum atomic E-state index is -0.139. The summed E-state index contributed by atoms with van der Waals surface area (Å²) in [5.74, 6) is 1.23. The molecule has 6 nitrogen and oxygen atoms in total. The number of benzene rings is 2. The first-order valence-electron chi connectivity index (χ1n) is 7.75. The summed E-state index contributed by atoms with van der Waals surface area (Å²) in [5.41, 5.74) is 2.13. The molecule has 1 amide bonds. The van der Waals surface area contributed by atoms with Crippen LogP contribution in [0.1, 0.15) is 23.6 Å². The van der Waals surface area contributed by atoms with Crippen LogP contribution in [0.15, 0.2) is 60.9 Å². The van der Waals surface area contributed by atoms with Gasteiger partial charge < -0.3 is 4.74 Å². The van der Waals surface area contributed by atoms with Gasteiger partial charge in [-0.2, -0.15) is 10.1 Å². The third kappa shape index (κ3) is 2.86. The van der Waals surface area contributed by atoms with Crippen LogP contribution < -0.4 is 10.1 Å². The predicted octanol–water partition coefficient (Wildman–Crippen LogP) is 2.79. The summed E-state index contributed by atoms with van der Waals surface area (Å²) in [7, 11) is 0. The summed E-state index contributed by atoms with van der Waals surface area (Å²) in [6, 6.07) is 17.7. The van der Waals surface area contributed by atoms with Crippen molar-refractivity contribution >= 4 is 11.9 Å². The number of fused-ring (bicyclic) bond motifs is 1. The lowest BCUT2D eigenvalue weighted by atomic mass is 10.0. The number of amides is 1. The van der Waals surface area contributed by atoms with E-state index in [1.807, 2.05) is 54.6 Å². The zero-order chi connectivity index (χ0) is 16.4. The largest absolute Gasteiger partial charge is 0.489 e. The third-order valence-corrected chi connectivity index (χ3v) is 4.01. The van der Waals surface area contributed by atoms with Crippen LogP contribution >= 0.6 is 0 Å². The second-order valence-electron chi connectivity index (χ2n) is 5.64. The van der Waals surface area contributed by atoms with Crippen LogP contribution in [0.4, 0.5) is 5.95 Å². The average Bonchev–Trinajstić information content (AvgIpc) is 3.09. The number of nitrogens with one attached hydrogen (secondary N) is 1. The Morgan fingerprint density at radius 3 is 2.71 bits per heavy atom. The summed E-state index contributed by atoms with van der Waals surface area (Å²) in [5, 5.41) is 6.92. The maximum atomic E-state index is 11.8. The van der Waals surface area contributed by atoms with E-state index in [1.165, 1.54) is 6.33 Å². The molecule has 2 aromatic carbocycles. The van der Waals surface area contributed by atoms with E-state index in [-0.39, 0.29) is 11.9 Å². The van der Waals surface area contributed by atoms with E-state index in [0.29, 0.717) is 19.0 Å². The van der Waals surface area contributed by atoms with Crippen LogP contribution in [0, 0.1) is 0 Å². The second-order valence-corrected chi connectivity index (χ2v) is 5.64. The fraction of sp³-hybridized carbons (Fsp3) is 0.167. The van der Waals surface area contributed by atoms with Gasteiger partial charge in [0.05, 0.1) is 12.5 Å². The van der Waals surface area contributed by atoms with Gasteiger partial charge in [-0.05, 0) is 23.3 Å². The molecule has 0 saturated heterocycles. The van der Waals surface area contributed by atoms with Crippen molar-refractivity contribution in [3.63, 3.8) is 0 Å². The molecule has 4 rings (SSSR count). The van der Waals surface area contributed by atoms with Crippen molar-refractivity contribution in [2.75, 3.05) is 5.32 Å². The number of anilines is 1. The number of rotatable bonds is 4. The molecule has 1 N–H and O–H groups in total. The molecule has 0 spiro atoms. The fourth-order valence-electron chi connectivity index (χ4n) is 2.79. The van der Waals surface area contributed by atoms with Crippen molar-refractivity contribution < 1.29 is 9.53 Å². The number of nitrogens with zero attached hydrogens (tertiary/aromatic N) is 3. The van der Waals surface area contributed by atoms with Crippen LogP contribution in [0.5, 0.6) is 5.75 Å². The van der Waals surface area contributed by atoms with Crippen LogP contribution in [-0.4, -0.2) is 20.7 Å². The topological polar surface area (TPSA) is 69.0 Å². The fourth-order valence-corrected chi connectivity index (χ4v) is 2.79. The van der Waals surface area contributed by atoms with Gasteiger partial charge in [-0.1, -0.05) is 42.5 Å². The molecule has 0 unspecified atom stereocenters. The molecule has 0 bridgehead atoms. The van der Waals surface area contributed by atoms with E-state index in [4.69, 9.17) is 4.74 Å². The van der Waals surface area contributed by atoms with Gasteiger partial charge >= 0.3 is 0 Å². The Kier molecular flexibility index (Phi) is 3.70. The molecule has 1 aromatic heterocycles. The molecule has 24 heavy (non-hydrogen) atoms. The highest BCUT2D eigenvalue weighted by Crippen LogP contribution is 2.29. The number of hydrogen-bond donors (Lipinski definition) is 1. The first-order valence-corrected chi connectivity index (χ1v) is 7.75. The van der Waals surface area contributed by atoms with E-state index in [1.54, 1.807) is 4.68 Å². The Bertz CT molecular complexity index is 843. The summed E-state index contributed by atoms with van der Waals surface area (Å²) in [6.45, 7) is 0.527. The Balaban J connectivity index is 1.49. The molecule has 120 valence electrons. The molecule has 3 aromatic rings. The minimum absolute atomic E-state index is 0.0510. The Hall–Kier alpha value is -3.15. The summed E-state index contributed by atoms with van der Waals surface area (Å²) >= 11 is 0. The molecule has 0 saturated carbocycles. The Morgan fingerprint density at radius 1 is 1.12 bits per heavy atom. The Labute approximate surface area is 139 Å². The van der Waals surface area contributed by atoms with Gasteiger partial charge in [-0.15, -0.1) is 0 Å². The molecular formula is C18H16N4O2. The molecule has 0 aliphatic carbocycles. The van der Waals surface area contributed by atoms with Gasteiger partial charge in [0, 0.05) is 0 Å². The lowest BCUT2D eigenvalue weighted by molar-refractivity contribution is -0.117. The quantitative estimate of drug-likeness (QED) is 0.802. The van der Waals surface area contributed by atoms with Crippen molar-refractivity contribution in [1.29, 1.82) is 0 Å². The smallest absolute Gasteiger partial charge is 0.229 e. The van der Waals surface area contributed by atoms with E-state index in [2.05, 4.69) is 15.4 Å². The Morgan fingerprint density at radius 2 is 1.92 bits per heavy atom. The maximum Gasteiger partial charge on any atom is 0.229 e. The van der Waals surface area contributed by atoms with Gasteiger partial charge in [-0.25, -0.2) is 4.68 Å². The normalized spacial score (nSPS) is 16.3. The molecule has 1 aliphatic heterocycles. The number of aromatic nitrogens is 3. The van der Waals surface area contributed by atoms with Gasteiger partial charge in [0.15, 0.2) is 0 Å². The SMILES string of the molecule is O=C1C[C@@H](c2ccc(OCc3ccccc3)cc2)n2ncnc2N1. The van der Waals surface area contributed by atoms with Crippen molar-refractivity contribution in [2.45, 2.75) is 19.1 Å². The van der Waals surface area contributed by atoms with E-state index < -0.39 is 0 Å². The van der Waals surface area contributed by atoms with Gasteiger partial charge in [-0.3, -0.25) is 10.1 Å². The number of carbonyl (C=O) groups excluding carboxylic acids is 1. The highest BCUT2D eigenvalue weighted by molar-refractivity contribution is 5.91. The van der Waals surface area contributed by atoms with Crippen molar-refractivity contribution in [3.8, 4) is 5.75 Å². The van der Waals surface area contributed by atoms with Crippen LogP contribution in [0.3, 0.4) is 0 Å². The number of ether oxygens (including phenoxy) is 1. The van der Waals surface area contributed by atoms with Gasteiger partial charge in [0.1, 0.15) is 18.7 Å². The number of hydrogen-bond acceptors (Lipinski definition) is 4. The lowest BCUT2D eigenvalue weighted by Gasteiger charge is -2.23. The molecule has 2 heterocycles. The van der Waals surface area contributed by atoms with Crippen LogP contribution in [0.25, 0.3) is 0 Å². The standard InChI is InChI=1S/C18H16N4O2/c23-17-10-16(22-18(21-17)19-12-20-22)14-6-8-15(9-7-14)24-11-13-4-2-1-3-5-13/h1-9,12,16H,10-11H2,(H,19,20,21,23)/t16-/m0/s1. The molecule has 1 atom stereocenters. The lowest BCUT2D eigenvalue weighted by Crippen LogP contribution is -2.29. The zero-order valence-corrected chi connectivity index (χ0v) is 12.9. The second kappa shape index (κ2) is 6.16. The molecule has 1 aliphatic rings. The average molecular weight is 320 g/mol. The molecule has 6 heteroatoms. The first kappa shape index (κ1) is 14.4. The third-order valence-electron chi connectivity index (χ3n) is 4.01. The van der Waals surface area contributed by atoms with Crippen LogP contribution in [0.2, 0.25) is 0 Å². The predicted molar refractivity (Wildman–Crippen MR) is 88.6 cm³/mol. The first-order chi connectivity index (χ1) is 11.8. The summed E-state index contributed by atoms with van der Waals surface area (Å²) in [4.78, 5) is 15.9. The molecule has 0 fully saturated rings. The highest BCUT2D eigenvalue weighted by Gasteiger charge is 2.27. The minimum Gasteiger partial charge on any atom is -0.489 e.